The maximum absolute atomic E-state index is 10.7. The third-order valence-electron chi connectivity index (χ3n) is 2.50. The molecule has 0 unspecified atom stereocenters. The van der Waals surface area contributed by atoms with Crippen LogP contribution in [0.1, 0.15) is 12.0 Å². The quantitative estimate of drug-likeness (QED) is 0.478. The minimum absolute atomic E-state index is 0.0456. The largest absolute Gasteiger partial charge is 0.350 e. The van der Waals surface area contributed by atoms with Gasteiger partial charge in [0.2, 0.25) is 6.29 Å². The molecule has 0 radical (unpaired) electrons. The summed E-state index contributed by atoms with van der Waals surface area (Å²) in [5, 5.41) is 13.2. The Hall–Kier alpha value is -1.83. The summed E-state index contributed by atoms with van der Waals surface area (Å²) in [4.78, 5) is 14.7. The van der Waals surface area contributed by atoms with Gasteiger partial charge in [0.1, 0.15) is 10.7 Å². The van der Waals surface area contributed by atoms with Crippen molar-refractivity contribution in [2.24, 2.45) is 0 Å². The molecule has 0 fully saturated rings. The average molecular weight is 280 g/mol. The lowest BCUT2D eigenvalue weighted by Crippen LogP contribution is -2.03. The summed E-state index contributed by atoms with van der Waals surface area (Å²) in [6.45, 7) is 0. The molecule has 6 nitrogen and oxygen atoms in total. The van der Waals surface area contributed by atoms with Gasteiger partial charge in [-0.2, -0.15) is 0 Å². The highest BCUT2D eigenvalue weighted by Crippen LogP contribution is 2.29. The molecule has 0 saturated carbocycles. The molecule has 100 valence electrons. The standard InChI is InChI=1S/C12H12N2O4S/c1-17-12(18-2)10-7-19-11(13-10)8-4-3-5-9(6-8)14(15)16/h3-7,12H,1-2H3. The maximum Gasteiger partial charge on any atom is 0.270 e. The Bertz CT molecular complexity index is 581. The average Bonchev–Trinajstić information content (AvgIpc) is 2.90. The van der Waals surface area contributed by atoms with E-state index < -0.39 is 11.2 Å². The molecule has 0 N–H and O–H groups in total. The van der Waals surface area contributed by atoms with Gasteiger partial charge in [0.15, 0.2) is 0 Å². The first-order valence-electron chi connectivity index (χ1n) is 5.41. The van der Waals surface area contributed by atoms with Crippen LogP contribution in [0.15, 0.2) is 29.6 Å². The van der Waals surface area contributed by atoms with Gasteiger partial charge in [-0.3, -0.25) is 10.1 Å². The number of nitro groups is 1. The minimum atomic E-state index is -0.524. The Kier molecular flexibility index (Phi) is 4.20. The third-order valence-corrected chi connectivity index (χ3v) is 3.41. The molecule has 0 aliphatic carbocycles. The van der Waals surface area contributed by atoms with Crippen molar-refractivity contribution >= 4 is 17.0 Å². The molecule has 0 saturated heterocycles. The van der Waals surface area contributed by atoms with Crippen LogP contribution in [0, 0.1) is 10.1 Å². The van der Waals surface area contributed by atoms with Crippen molar-refractivity contribution in [1.82, 2.24) is 4.98 Å². The van der Waals surface area contributed by atoms with Gasteiger partial charge in [0.25, 0.3) is 5.69 Å². The number of methoxy groups -OCH3 is 2. The fraction of sp³-hybridized carbons (Fsp3) is 0.250. The van der Waals surface area contributed by atoms with E-state index in [0.717, 1.165) is 0 Å². The van der Waals surface area contributed by atoms with E-state index >= 15 is 0 Å². The highest BCUT2D eigenvalue weighted by atomic mass is 32.1. The lowest BCUT2D eigenvalue weighted by atomic mass is 10.2. The number of nitrogens with zero attached hydrogens (tertiary/aromatic N) is 2. The smallest absolute Gasteiger partial charge is 0.270 e. The Morgan fingerprint density at radius 3 is 2.74 bits per heavy atom. The normalized spacial score (nSPS) is 10.9. The van der Waals surface area contributed by atoms with Gasteiger partial charge in [0.05, 0.1) is 4.92 Å². The van der Waals surface area contributed by atoms with Crippen molar-refractivity contribution in [3.63, 3.8) is 0 Å². The van der Waals surface area contributed by atoms with Gasteiger partial charge in [-0.15, -0.1) is 11.3 Å². The molecule has 1 heterocycles. The van der Waals surface area contributed by atoms with E-state index in [2.05, 4.69) is 4.98 Å². The van der Waals surface area contributed by atoms with E-state index in [4.69, 9.17) is 9.47 Å². The second-order valence-corrected chi connectivity index (χ2v) is 4.55. The van der Waals surface area contributed by atoms with E-state index in [9.17, 15) is 10.1 Å². The van der Waals surface area contributed by atoms with Crippen LogP contribution in [-0.4, -0.2) is 24.1 Å². The van der Waals surface area contributed by atoms with Crippen molar-refractivity contribution in [2.45, 2.75) is 6.29 Å². The third kappa shape index (κ3) is 2.95. The summed E-state index contributed by atoms with van der Waals surface area (Å²) >= 11 is 1.39. The zero-order valence-corrected chi connectivity index (χ0v) is 11.2. The van der Waals surface area contributed by atoms with Crippen LogP contribution in [-0.2, 0) is 9.47 Å². The number of aromatic nitrogens is 1. The molecular weight excluding hydrogens is 268 g/mol. The number of hydrogen-bond acceptors (Lipinski definition) is 6. The molecule has 1 aromatic heterocycles. The van der Waals surface area contributed by atoms with Gasteiger partial charge < -0.3 is 9.47 Å². The fourth-order valence-corrected chi connectivity index (χ4v) is 2.43. The summed E-state index contributed by atoms with van der Waals surface area (Å²) < 4.78 is 10.2. The van der Waals surface area contributed by atoms with E-state index in [1.54, 1.807) is 12.1 Å². The van der Waals surface area contributed by atoms with Crippen LogP contribution in [0.25, 0.3) is 10.6 Å². The van der Waals surface area contributed by atoms with Crippen molar-refractivity contribution < 1.29 is 14.4 Å². The first-order valence-corrected chi connectivity index (χ1v) is 6.29. The number of ether oxygens (including phenoxy) is 2. The van der Waals surface area contributed by atoms with Crippen molar-refractivity contribution in [3.8, 4) is 10.6 Å². The molecule has 7 heteroatoms. The van der Waals surface area contributed by atoms with Gasteiger partial charge in [-0.25, -0.2) is 4.98 Å². The van der Waals surface area contributed by atoms with Crippen molar-refractivity contribution in [3.05, 3.63) is 45.5 Å². The first-order chi connectivity index (χ1) is 9.15. The van der Waals surface area contributed by atoms with Crippen LogP contribution in [0.4, 0.5) is 5.69 Å². The minimum Gasteiger partial charge on any atom is -0.350 e. The van der Waals surface area contributed by atoms with E-state index in [1.807, 2.05) is 5.38 Å². The lowest BCUT2D eigenvalue weighted by Gasteiger charge is -2.09. The zero-order valence-electron chi connectivity index (χ0n) is 10.4. The first kappa shape index (κ1) is 13.6. The van der Waals surface area contributed by atoms with Crippen molar-refractivity contribution in [1.29, 1.82) is 0 Å². The fourth-order valence-electron chi connectivity index (χ4n) is 1.62. The molecule has 0 aliphatic heterocycles. The molecule has 0 amide bonds. The Morgan fingerprint density at radius 2 is 2.11 bits per heavy atom. The SMILES string of the molecule is COC(OC)c1csc(-c2cccc([N+](=O)[O-])c2)n1. The Balaban J connectivity index is 2.32. The number of nitro benzene ring substituents is 1. The second kappa shape index (κ2) is 5.87. The van der Waals surface area contributed by atoms with Gasteiger partial charge in [0, 0.05) is 37.3 Å². The predicted molar refractivity (Wildman–Crippen MR) is 71.0 cm³/mol. The maximum atomic E-state index is 10.7. The molecular formula is C12H12N2O4S. The summed E-state index contributed by atoms with van der Waals surface area (Å²) in [6.07, 6.45) is -0.524. The lowest BCUT2D eigenvalue weighted by molar-refractivity contribution is -0.384. The summed E-state index contributed by atoms with van der Waals surface area (Å²) in [5.74, 6) is 0. The van der Waals surface area contributed by atoms with Crippen LogP contribution in [0.3, 0.4) is 0 Å². The highest BCUT2D eigenvalue weighted by Gasteiger charge is 2.15. The molecule has 2 aromatic rings. The van der Waals surface area contributed by atoms with Crippen LogP contribution < -0.4 is 0 Å². The van der Waals surface area contributed by atoms with E-state index in [0.29, 0.717) is 16.3 Å². The van der Waals surface area contributed by atoms with Gasteiger partial charge in [-0.1, -0.05) is 12.1 Å². The predicted octanol–water partition coefficient (Wildman–Crippen LogP) is 3.01. The second-order valence-electron chi connectivity index (χ2n) is 3.69. The monoisotopic (exact) mass is 280 g/mol. The molecule has 1 aromatic carbocycles. The highest BCUT2D eigenvalue weighted by molar-refractivity contribution is 7.13. The van der Waals surface area contributed by atoms with Crippen LogP contribution in [0.2, 0.25) is 0 Å². The number of thiazole rings is 1. The summed E-state index contributed by atoms with van der Waals surface area (Å²) in [7, 11) is 3.06. The number of hydrogen-bond donors (Lipinski definition) is 0. The molecule has 2 rings (SSSR count). The van der Waals surface area contributed by atoms with Crippen molar-refractivity contribution in [2.75, 3.05) is 14.2 Å². The van der Waals surface area contributed by atoms with Gasteiger partial charge >= 0.3 is 0 Å². The summed E-state index contributed by atoms with van der Waals surface area (Å²) in [6, 6.07) is 6.37. The molecule has 19 heavy (non-hydrogen) atoms. The number of rotatable bonds is 5. The zero-order chi connectivity index (χ0) is 13.8. The molecule has 0 atom stereocenters. The molecule has 0 bridgehead atoms. The number of non-ortho nitro benzene ring substituents is 1. The summed E-state index contributed by atoms with van der Waals surface area (Å²) in [5.41, 5.74) is 1.40. The Labute approximate surface area is 113 Å². The molecule has 0 aliphatic rings. The number of benzene rings is 1. The van der Waals surface area contributed by atoms with E-state index in [-0.39, 0.29) is 5.69 Å². The molecule has 0 spiro atoms. The van der Waals surface area contributed by atoms with Crippen LogP contribution >= 0.6 is 11.3 Å². The van der Waals surface area contributed by atoms with Gasteiger partial charge in [-0.05, 0) is 0 Å². The van der Waals surface area contributed by atoms with E-state index in [1.165, 1.54) is 37.7 Å². The van der Waals surface area contributed by atoms with Crippen LogP contribution in [0.5, 0.6) is 0 Å². The Morgan fingerprint density at radius 1 is 1.37 bits per heavy atom. The topological polar surface area (TPSA) is 74.5 Å².